The van der Waals surface area contributed by atoms with Gasteiger partial charge in [0.2, 0.25) is 0 Å². The molecule has 1 nitrogen and oxygen atoms in total. The molecule has 0 bridgehead atoms. The lowest BCUT2D eigenvalue weighted by molar-refractivity contribution is 0.0473. The van der Waals surface area contributed by atoms with E-state index < -0.39 is 0 Å². The van der Waals surface area contributed by atoms with E-state index >= 15 is 0 Å². The fraction of sp³-hybridized carbons (Fsp3) is 0.760. The zero-order valence-electron chi connectivity index (χ0n) is 18.0. The lowest BCUT2D eigenvalue weighted by Crippen LogP contribution is -2.05. The molecule has 0 unspecified atom stereocenters. The van der Waals surface area contributed by atoms with Gasteiger partial charge in [-0.1, -0.05) is 127 Å². The van der Waals surface area contributed by atoms with Crippen molar-refractivity contribution in [2.45, 2.75) is 116 Å². The average molecular weight is 395 g/mol. The molecule has 0 aromatic heterocycles. The third kappa shape index (κ3) is 12.5. The van der Waals surface area contributed by atoms with Gasteiger partial charge in [-0.3, -0.25) is 0 Å². The van der Waals surface area contributed by atoms with Crippen LogP contribution in [0.3, 0.4) is 0 Å². The first-order valence-electron chi connectivity index (χ1n) is 11.7. The molecule has 1 aromatic rings. The second-order valence-electron chi connectivity index (χ2n) is 7.89. The maximum absolute atomic E-state index is 6.29. The normalized spacial score (nSPS) is 12.4. The Bertz CT molecular complexity index is 446. The molecule has 27 heavy (non-hydrogen) atoms. The van der Waals surface area contributed by atoms with E-state index in [4.69, 9.17) is 16.3 Å². The predicted octanol–water partition coefficient (Wildman–Crippen LogP) is 9.29. The molecule has 0 aliphatic rings. The van der Waals surface area contributed by atoms with E-state index in [2.05, 4.69) is 19.9 Å². The van der Waals surface area contributed by atoms with Crippen molar-refractivity contribution in [1.29, 1.82) is 0 Å². The first-order chi connectivity index (χ1) is 13.3. The van der Waals surface area contributed by atoms with Gasteiger partial charge in [-0.25, -0.2) is 0 Å². The number of ether oxygens (including phenoxy) is 1. The van der Waals surface area contributed by atoms with Crippen molar-refractivity contribution in [1.82, 2.24) is 0 Å². The molecule has 2 heteroatoms. The van der Waals surface area contributed by atoms with Gasteiger partial charge in [-0.05, 0) is 24.5 Å². The van der Waals surface area contributed by atoms with Crippen molar-refractivity contribution in [2.75, 3.05) is 6.61 Å². The lowest BCUT2D eigenvalue weighted by atomic mass is 10.0. The Morgan fingerprint density at radius 1 is 0.704 bits per heavy atom. The monoisotopic (exact) mass is 394 g/mol. The minimum atomic E-state index is 0.140. The molecule has 0 aliphatic heterocycles. The van der Waals surface area contributed by atoms with Crippen LogP contribution >= 0.6 is 11.6 Å². The van der Waals surface area contributed by atoms with Crippen molar-refractivity contribution in [2.24, 2.45) is 0 Å². The van der Waals surface area contributed by atoms with Gasteiger partial charge >= 0.3 is 0 Å². The molecule has 0 aliphatic carbocycles. The summed E-state index contributed by atoms with van der Waals surface area (Å²) in [5.41, 5.74) is 1.13. The SMILES string of the molecule is CCCCCCCCCCCCCCCCO[C@H](CC)c1ccccc1Cl. The number of unbranched alkanes of at least 4 members (excludes halogenated alkanes) is 13. The molecule has 0 N–H and O–H groups in total. The van der Waals surface area contributed by atoms with Crippen LogP contribution in [0.25, 0.3) is 0 Å². The summed E-state index contributed by atoms with van der Waals surface area (Å²) < 4.78 is 6.08. The maximum Gasteiger partial charge on any atom is 0.0836 e. The molecule has 156 valence electrons. The first-order valence-corrected chi connectivity index (χ1v) is 12.0. The van der Waals surface area contributed by atoms with Crippen LogP contribution in [-0.4, -0.2) is 6.61 Å². The Morgan fingerprint density at radius 2 is 1.19 bits per heavy atom. The minimum absolute atomic E-state index is 0.140. The van der Waals surface area contributed by atoms with Gasteiger partial charge in [-0.15, -0.1) is 0 Å². The van der Waals surface area contributed by atoms with Gasteiger partial charge in [0.1, 0.15) is 0 Å². The minimum Gasteiger partial charge on any atom is -0.373 e. The van der Waals surface area contributed by atoms with Crippen LogP contribution in [0, 0.1) is 0 Å². The second kappa shape index (κ2) is 17.6. The number of halogens is 1. The van der Waals surface area contributed by atoms with E-state index in [1.165, 1.54) is 89.9 Å². The molecular formula is C25H43ClO. The second-order valence-corrected chi connectivity index (χ2v) is 8.29. The van der Waals surface area contributed by atoms with E-state index in [-0.39, 0.29) is 6.10 Å². The Balaban J connectivity index is 1.89. The van der Waals surface area contributed by atoms with Gasteiger partial charge in [0, 0.05) is 11.6 Å². The molecule has 0 radical (unpaired) electrons. The Morgan fingerprint density at radius 3 is 1.67 bits per heavy atom. The summed E-state index contributed by atoms with van der Waals surface area (Å²) in [5, 5.41) is 0.824. The largest absolute Gasteiger partial charge is 0.373 e. The number of rotatable bonds is 18. The van der Waals surface area contributed by atoms with Crippen LogP contribution in [0.1, 0.15) is 122 Å². The molecule has 0 saturated carbocycles. The fourth-order valence-corrected chi connectivity index (χ4v) is 3.94. The molecule has 1 aromatic carbocycles. The van der Waals surface area contributed by atoms with Gasteiger partial charge in [0.15, 0.2) is 0 Å². The predicted molar refractivity (Wildman–Crippen MR) is 121 cm³/mol. The van der Waals surface area contributed by atoms with Crippen molar-refractivity contribution in [3.63, 3.8) is 0 Å². The third-order valence-corrected chi connectivity index (χ3v) is 5.78. The molecular weight excluding hydrogens is 352 g/mol. The topological polar surface area (TPSA) is 9.23 Å². The highest BCUT2D eigenvalue weighted by Gasteiger charge is 2.12. The van der Waals surface area contributed by atoms with Gasteiger partial charge in [0.05, 0.1) is 6.10 Å². The zero-order chi connectivity index (χ0) is 19.6. The summed E-state index contributed by atoms with van der Waals surface area (Å²) in [6.07, 6.45) is 20.6. The van der Waals surface area contributed by atoms with Crippen LogP contribution in [-0.2, 0) is 4.74 Å². The quantitative estimate of drug-likeness (QED) is 0.225. The van der Waals surface area contributed by atoms with E-state index in [9.17, 15) is 0 Å². The summed E-state index contributed by atoms with van der Waals surface area (Å²) >= 11 is 6.29. The fourth-order valence-electron chi connectivity index (χ4n) is 3.69. The standard InChI is InChI=1S/C25H43ClO/c1-3-5-6-7-8-9-10-11-12-13-14-15-16-19-22-27-25(4-2)23-20-17-18-21-24(23)26/h17-18,20-21,25H,3-16,19,22H2,1-2H3/t25-/m1/s1. The summed E-state index contributed by atoms with van der Waals surface area (Å²) in [5.74, 6) is 0. The summed E-state index contributed by atoms with van der Waals surface area (Å²) in [7, 11) is 0. The number of hydrogen-bond donors (Lipinski definition) is 0. The van der Waals surface area contributed by atoms with Crippen LogP contribution < -0.4 is 0 Å². The molecule has 0 amide bonds. The maximum atomic E-state index is 6.29. The van der Waals surface area contributed by atoms with E-state index in [0.717, 1.165) is 23.6 Å². The van der Waals surface area contributed by atoms with Crippen molar-refractivity contribution in [3.8, 4) is 0 Å². The summed E-state index contributed by atoms with van der Waals surface area (Å²) in [6, 6.07) is 8.06. The average Bonchev–Trinajstić information content (AvgIpc) is 2.69. The van der Waals surface area contributed by atoms with E-state index in [1.54, 1.807) is 0 Å². The number of hydrogen-bond acceptors (Lipinski definition) is 1. The molecule has 0 spiro atoms. The number of benzene rings is 1. The molecule has 1 rings (SSSR count). The molecule has 0 fully saturated rings. The third-order valence-electron chi connectivity index (χ3n) is 5.44. The van der Waals surface area contributed by atoms with Crippen LogP contribution in [0.4, 0.5) is 0 Å². The van der Waals surface area contributed by atoms with Crippen LogP contribution in [0.5, 0.6) is 0 Å². The van der Waals surface area contributed by atoms with Gasteiger partial charge in [-0.2, -0.15) is 0 Å². The zero-order valence-corrected chi connectivity index (χ0v) is 18.7. The van der Waals surface area contributed by atoms with Crippen molar-refractivity contribution >= 4 is 11.6 Å². The highest BCUT2D eigenvalue weighted by molar-refractivity contribution is 6.31. The molecule has 0 saturated heterocycles. The summed E-state index contributed by atoms with van der Waals surface area (Å²) in [6.45, 7) is 5.30. The molecule has 1 atom stereocenters. The van der Waals surface area contributed by atoms with Gasteiger partial charge < -0.3 is 4.74 Å². The highest BCUT2D eigenvalue weighted by Crippen LogP contribution is 2.28. The van der Waals surface area contributed by atoms with Crippen molar-refractivity contribution in [3.05, 3.63) is 34.9 Å². The van der Waals surface area contributed by atoms with E-state index in [1.807, 2.05) is 18.2 Å². The Kier molecular flexibility index (Phi) is 15.9. The first kappa shape index (κ1) is 24.5. The van der Waals surface area contributed by atoms with Gasteiger partial charge in [0.25, 0.3) is 0 Å². The lowest BCUT2D eigenvalue weighted by Gasteiger charge is -2.17. The summed E-state index contributed by atoms with van der Waals surface area (Å²) in [4.78, 5) is 0. The van der Waals surface area contributed by atoms with Crippen LogP contribution in [0.2, 0.25) is 5.02 Å². The smallest absolute Gasteiger partial charge is 0.0836 e. The Hall–Kier alpha value is -0.530. The molecule has 0 heterocycles. The Labute approximate surface area is 174 Å². The highest BCUT2D eigenvalue weighted by atomic mass is 35.5. The van der Waals surface area contributed by atoms with E-state index in [0.29, 0.717) is 0 Å². The van der Waals surface area contributed by atoms with Crippen molar-refractivity contribution < 1.29 is 4.74 Å². The van der Waals surface area contributed by atoms with Crippen LogP contribution in [0.15, 0.2) is 24.3 Å².